The van der Waals surface area contributed by atoms with E-state index in [4.69, 9.17) is 0 Å². The molecule has 3 unspecified atom stereocenters. The first-order valence-corrected chi connectivity index (χ1v) is 7.14. The Kier molecular flexibility index (Phi) is 2.93. The molecule has 1 saturated heterocycles. The van der Waals surface area contributed by atoms with E-state index in [1.165, 1.54) is 12.8 Å². The van der Waals surface area contributed by atoms with Gasteiger partial charge in [0.1, 0.15) is 0 Å². The number of imide groups is 1. The van der Waals surface area contributed by atoms with Crippen molar-refractivity contribution in [1.29, 1.82) is 0 Å². The van der Waals surface area contributed by atoms with Crippen molar-refractivity contribution in [2.45, 2.75) is 38.6 Å². The lowest BCUT2D eigenvalue weighted by Crippen LogP contribution is -2.44. The van der Waals surface area contributed by atoms with E-state index in [1.807, 2.05) is 7.05 Å². The Labute approximate surface area is 108 Å². The zero-order valence-corrected chi connectivity index (χ0v) is 11.2. The van der Waals surface area contributed by atoms with Gasteiger partial charge in [-0.2, -0.15) is 0 Å². The van der Waals surface area contributed by atoms with Gasteiger partial charge in [0, 0.05) is 12.6 Å². The summed E-state index contributed by atoms with van der Waals surface area (Å²) in [7, 11) is 1.93. The molecule has 3 fully saturated rings. The monoisotopic (exact) mass is 250 g/mol. The van der Waals surface area contributed by atoms with Gasteiger partial charge in [-0.3, -0.25) is 14.5 Å². The summed E-state index contributed by atoms with van der Waals surface area (Å²) >= 11 is 0. The lowest BCUT2D eigenvalue weighted by atomic mass is 10.00. The average molecular weight is 250 g/mol. The number of fused-ring (bicyclic) bond motifs is 1. The van der Waals surface area contributed by atoms with Crippen molar-refractivity contribution in [2.75, 3.05) is 13.6 Å². The van der Waals surface area contributed by atoms with E-state index in [-0.39, 0.29) is 23.7 Å². The predicted octanol–water partition coefficient (Wildman–Crippen LogP) is 1.02. The van der Waals surface area contributed by atoms with E-state index in [0.717, 1.165) is 12.8 Å². The summed E-state index contributed by atoms with van der Waals surface area (Å²) in [6.07, 6.45) is 4.26. The molecule has 2 saturated carbocycles. The highest BCUT2D eigenvalue weighted by molar-refractivity contribution is 6.05. The van der Waals surface area contributed by atoms with E-state index in [1.54, 1.807) is 4.90 Å². The fourth-order valence-corrected chi connectivity index (χ4v) is 3.70. The van der Waals surface area contributed by atoms with Crippen molar-refractivity contribution in [3.63, 3.8) is 0 Å². The third-order valence-electron chi connectivity index (χ3n) is 4.91. The molecule has 4 nitrogen and oxygen atoms in total. The number of likely N-dealkylation sites (tertiary alicyclic amines) is 1. The molecule has 0 spiro atoms. The third kappa shape index (κ3) is 1.87. The van der Waals surface area contributed by atoms with Crippen molar-refractivity contribution < 1.29 is 9.59 Å². The molecule has 1 aliphatic heterocycles. The minimum atomic E-state index is -0.00999. The van der Waals surface area contributed by atoms with Crippen molar-refractivity contribution in [1.82, 2.24) is 10.2 Å². The second-order valence-electron chi connectivity index (χ2n) is 6.31. The number of hydrogen-bond donors (Lipinski definition) is 1. The Morgan fingerprint density at radius 1 is 1.22 bits per heavy atom. The van der Waals surface area contributed by atoms with Crippen LogP contribution in [0.4, 0.5) is 0 Å². The molecule has 2 amide bonds. The van der Waals surface area contributed by atoms with Crippen molar-refractivity contribution in [3.8, 4) is 0 Å². The number of carbonyl (C=O) groups excluding carboxylic acids is 2. The smallest absolute Gasteiger partial charge is 0.233 e. The van der Waals surface area contributed by atoms with Crippen LogP contribution in [0.25, 0.3) is 0 Å². The minimum Gasteiger partial charge on any atom is -0.315 e. The SMILES string of the molecule is CNC(CN1C(=O)C2CC(C)CC2C1=O)C1CC1. The van der Waals surface area contributed by atoms with Crippen molar-refractivity contribution >= 4 is 11.8 Å². The van der Waals surface area contributed by atoms with Gasteiger partial charge in [-0.25, -0.2) is 0 Å². The Morgan fingerprint density at radius 3 is 2.22 bits per heavy atom. The standard InChI is InChI=1S/C14H22N2O2/c1-8-5-10-11(6-8)14(18)16(13(10)17)7-12(15-2)9-3-4-9/h8-12,15H,3-7H2,1-2H3. The van der Waals surface area contributed by atoms with Crippen LogP contribution in [0.3, 0.4) is 0 Å². The summed E-state index contributed by atoms with van der Waals surface area (Å²) in [5.41, 5.74) is 0. The number of hydrogen-bond acceptors (Lipinski definition) is 3. The predicted molar refractivity (Wildman–Crippen MR) is 67.7 cm³/mol. The van der Waals surface area contributed by atoms with Crippen LogP contribution in [0.15, 0.2) is 0 Å². The minimum absolute atomic E-state index is 0.00999. The largest absolute Gasteiger partial charge is 0.315 e. The molecule has 3 atom stereocenters. The Morgan fingerprint density at radius 2 is 1.78 bits per heavy atom. The third-order valence-corrected chi connectivity index (χ3v) is 4.91. The van der Waals surface area contributed by atoms with E-state index in [0.29, 0.717) is 24.4 Å². The molecule has 0 aromatic heterocycles. The quantitative estimate of drug-likeness (QED) is 0.758. The Balaban J connectivity index is 1.70. The van der Waals surface area contributed by atoms with Gasteiger partial charge in [0.2, 0.25) is 11.8 Å². The number of carbonyl (C=O) groups is 2. The van der Waals surface area contributed by atoms with Crippen LogP contribution < -0.4 is 5.32 Å². The molecule has 18 heavy (non-hydrogen) atoms. The maximum Gasteiger partial charge on any atom is 0.233 e. The van der Waals surface area contributed by atoms with Crippen LogP contribution in [0.5, 0.6) is 0 Å². The van der Waals surface area contributed by atoms with Crippen LogP contribution >= 0.6 is 0 Å². The van der Waals surface area contributed by atoms with E-state index in [2.05, 4.69) is 12.2 Å². The Hall–Kier alpha value is -0.900. The molecule has 1 N–H and O–H groups in total. The van der Waals surface area contributed by atoms with Crippen LogP contribution in [-0.2, 0) is 9.59 Å². The number of rotatable bonds is 4. The fourth-order valence-electron chi connectivity index (χ4n) is 3.70. The summed E-state index contributed by atoms with van der Waals surface area (Å²) in [6, 6.07) is 0.300. The molecular weight excluding hydrogens is 228 g/mol. The lowest BCUT2D eigenvalue weighted by molar-refractivity contribution is -0.141. The van der Waals surface area contributed by atoms with Gasteiger partial charge < -0.3 is 5.32 Å². The molecule has 100 valence electrons. The molecule has 3 rings (SSSR count). The maximum absolute atomic E-state index is 12.3. The lowest BCUT2D eigenvalue weighted by Gasteiger charge is -2.23. The second-order valence-corrected chi connectivity index (χ2v) is 6.31. The molecule has 2 aliphatic carbocycles. The maximum atomic E-state index is 12.3. The van der Waals surface area contributed by atoms with E-state index >= 15 is 0 Å². The van der Waals surface area contributed by atoms with Gasteiger partial charge in [0.05, 0.1) is 11.8 Å². The molecule has 3 aliphatic rings. The normalized spacial score (nSPS) is 37.2. The molecule has 0 bridgehead atoms. The number of nitrogens with zero attached hydrogens (tertiary/aromatic N) is 1. The number of amides is 2. The van der Waals surface area contributed by atoms with Gasteiger partial charge >= 0.3 is 0 Å². The van der Waals surface area contributed by atoms with Crippen molar-refractivity contribution in [2.24, 2.45) is 23.7 Å². The highest BCUT2D eigenvalue weighted by atomic mass is 16.2. The Bertz CT molecular complexity index is 354. The first kappa shape index (κ1) is 12.2. The summed E-state index contributed by atoms with van der Waals surface area (Å²) in [5.74, 6) is 1.35. The van der Waals surface area contributed by atoms with Crippen LogP contribution in [0.2, 0.25) is 0 Å². The highest BCUT2D eigenvalue weighted by Crippen LogP contribution is 2.43. The molecule has 0 radical (unpaired) electrons. The summed E-state index contributed by atoms with van der Waals surface area (Å²) < 4.78 is 0. The number of likely N-dealkylation sites (N-methyl/N-ethyl adjacent to an activating group) is 1. The van der Waals surface area contributed by atoms with Gasteiger partial charge in [-0.15, -0.1) is 0 Å². The van der Waals surface area contributed by atoms with E-state index < -0.39 is 0 Å². The highest BCUT2D eigenvalue weighted by Gasteiger charge is 2.52. The summed E-state index contributed by atoms with van der Waals surface area (Å²) in [4.78, 5) is 26.2. The van der Waals surface area contributed by atoms with Gasteiger partial charge in [-0.05, 0) is 44.6 Å². The van der Waals surface area contributed by atoms with Crippen LogP contribution in [-0.4, -0.2) is 36.3 Å². The van der Waals surface area contributed by atoms with Crippen LogP contribution in [0, 0.1) is 23.7 Å². The van der Waals surface area contributed by atoms with Crippen molar-refractivity contribution in [3.05, 3.63) is 0 Å². The topological polar surface area (TPSA) is 49.4 Å². The average Bonchev–Trinajstić information content (AvgIpc) is 3.07. The molecule has 4 heteroatoms. The van der Waals surface area contributed by atoms with Crippen LogP contribution in [0.1, 0.15) is 32.6 Å². The zero-order chi connectivity index (χ0) is 12.9. The molecular formula is C14H22N2O2. The van der Waals surface area contributed by atoms with E-state index in [9.17, 15) is 9.59 Å². The molecule has 0 aromatic carbocycles. The van der Waals surface area contributed by atoms with Gasteiger partial charge in [-0.1, -0.05) is 6.92 Å². The summed E-state index contributed by atoms with van der Waals surface area (Å²) in [5, 5.41) is 3.26. The van der Waals surface area contributed by atoms with Gasteiger partial charge in [0.15, 0.2) is 0 Å². The molecule has 1 heterocycles. The number of nitrogens with one attached hydrogen (secondary N) is 1. The van der Waals surface area contributed by atoms with Gasteiger partial charge in [0.25, 0.3) is 0 Å². The fraction of sp³-hybridized carbons (Fsp3) is 0.857. The first-order chi connectivity index (χ1) is 8.61. The zero-order valence-electron chi connectivity index (χ0n) is 11.2. The molecule has 0 aromatic rings. The second kappa shape index (κ2) is 4.34. The summed E-state index contributed by atoms with van der Waals surface area (Å²) in [6.45, 7) is 2.73. The first-order valence-electron chi connectivity index (χ1n) is 7.14.